The normalized spacial score (nSPS) is 17.5. The van der Waals surface area contributed by atoms with Crippen LogP contribution < -0.4 is 10.6 Å². The molecule has 1 heterocycles. The van der Waals surface area contributed by atoms with Crippen molar-refractivity contribution in [2.75, 3.05) is 12.4 Å². The van der Waals surface area contributed by atoms with Gasteiger partial charge >= 0.3 is 12.0 Å². The summed E-state index contributed by atoms with van der Waals surface area (Å²) in [6.07, 6.45) is 0.565. The minimum absolute atomic E-state index is 0.250. The number of rotatable bonds is 6. The first-order chi connectivity index (χ1) is 11.1. The second-order valence-electron chi connectivity index (χ2n) is 4.89. The minimum atomic E-state index is -0.462. The molecule has 0 saturated carbocycles. The third kappa shape index (κ3) is 4.25. The maximum atomic E-state index is 13.7. The van der Waals surface area contributed by atoms with E-state index in [1.807, 2.05) is 6.92 Å². The van der Waals surface area contributed by atoms with Crippen molar-refractivity contribution in [3.05, 3.63) is 41.4 Å². The molecule has 1 aliphatic rings. The number of hydrogen-bond acceptors (Lipinski definition) is 4. The first kappa shape index (κ1) is 17.3. The van der Waals surface area contributed by atoms with E-state index in [2.05, 4.69) is 10.6 Å². The average Bonchev–Trinajstić information content (AvgIpc) is 2.53. The quantitative estimate of drug-likeness (QED) is 0.618. The predicted molar refractivity (Wildman–Crippen MR) is 86.5 cm³/mol. The number of thioether (sulfide) groups is 1. The van der Waals surface area contributed by atoms with Crippen molar-refractivity contribution in [3.8, 4) is 0 Å². The van der Waals surface area contributed by atoms with Crippen molar-refractivity contribution in [1.29, 1.82) is 0 Å². The Morgan fingerprint density at radius 3 is 2.74 bits per heavy atom. The van der Waals surface area contributed by atoms with Crippen LogP contribution in [0.4, 0.5) is 9.18 Å². The van der Waals surface area contributed by atoms with Crippen LogP contribution in [0.15, 0.2) is 40.4 Å². The van der Waals surface area contributed by atoms with Gasteiger partial charge in [0.2, 0.25) is 0 Å². The molecule has 0 fully saturated rings. The van der Waals surface area contributed by atoms with Crippen molar-refractivity contribution in [2.24, 2.45) is 0 Å². The first-order valence-corrected chi connectivity index (χ1v) is 8.40. The summed E-state index contributed by atoms with van der Waals surface area (Å²) in [5.41, 5.74) is 0.866. The summed E-state index contributed by atoms with van der Waals surface area (Å²) < 4.78 is 18.8. The van der Waals surface area contributed by atoms with Crippen molar-refractivity contribution in [3.63, 3.8) is 0 Å². The van der Waals surface area contributed by atoms with Crippen molar-refractivity contribution in [2.45, 2.75) is 31.2 Å². The molecule has 0 saturated heterocycles. The van der Waals surface area contributed by atoms with Gasteiger partial charge in [-0.3, -0.25) is 0 Å². The fourth-order valence-electron chi connectivity index (χ4n) is 2.29. The first-order valence-electron chi connectivity index (χ1n) is 7.41. The Morgan fingerprint density at radius 2 is 2.09 bits per heavy atom. The molecule has 2 amide bonds. The average molecular weight is 338 g/mol. The Bertz CT molecular complexity index is 634. The van der Waals surface area contributed by atoms with Crippen LogP contribution in [0, 0.1) is 5.82 Å². The highest BCUT2D eigenvalue weighted by molar-refractivity contribution is 7.99. The number of carbonyl (C=O) groups excluding carboxylic acids is 2. The summed E-state index contributed by atoms with van der Waals surface area (Å²) in [6.45, 7) is 3.85. The molecule has 23 heavy (non-hydrogen) atoms. The highest BCUT2D eigenvalue weighted by Gasteiger charge is 2.31. The maximum Gasteiger partial charge on any atom is 0.337 e. The predicted octanol–water partition coefficient (Wildman–Crippen LogP) is 2.83. The summed E-state index contributed by atoms with van der Waals surface area (Å²) in [5, 5.41) is 5.35. The molecule has 2 N–H and O–H groups in total. The molecule has 7 heteroatoms. The molecule has 0 spiro atoms. The van der Waals surface area contributed by atoms with Gasteiger partial charge in [0, 0.05) is 16.3 Å². The fraction of sp³-hybridized carbons (Fsp3) is 0.375. The highest BCUT2D eigenvalue weighted by atomic mass is 32.2. The summed E-state index contributed by atoms with van der Waals surface area (Å²) in [6, 6.07) is 5.61. The van der Waals surface area contributed by atoms with Crippen molar-refractivity contribution >= 4 is 23.8 Å². The van der Waals surface area contributed by atoms with Gasteiger partial charge in [0.1, 0.15) is 5.82 Å². The number of urea groups is 1. The maximum absolute atomic E-state index is 13.7. The lowest BCUT2D eigenvalue weighted by atomic mass is 10.0. The molecule has 2 rings (SSSR count). The van der Waals surface area contributed by atoms with Crippen LogP contribution in [-0.2, 0) is 9.53 Å². The number of hydrogen-bond donors (Lipinski definition) is 2. The van der Waals surface area contributed by atoms with Crippen molar-refractivity contribution < 1.29 is 18.7 Å². The fourth-order valence-corrected chi connectivity index (χ4v) is 3.20. The molecule has 5 nitrogen and oxygen atoms in total. The molecular formula is C16H19FN2O3S. The number of ether oxygens (including phenoxy) is 1. The molecule has 124 valence electrons. The Morgan fingerprint density at radius 1 is 1.35 bits per heavy atom. The third-order valence-electron chi connectivity index (χ3n) is 3.36. The number of amides is 2. The minimum Gasteiger partial charge on any atom is -0.463 e. The van der Waals surface area contributed by atoms with E-state index in [0.717, 1.165) is 0 Å². The van der Waals surface area contributed by atoms with E-state index in [9.17, 15) is 14.0 Å². The van der Waals surface area contributed by atoms with E-state index in [0.29, 0.717) is 22.6 Å². The standard InChI is InChI=1S/C16H19FN2O3S/c1-3-11-14(15(20)22-4-2)12(19-16(21)18-11)9-23-13-8-6-5-7-10(13)17/h5-8,11H,3-4,9H2,1-2H3,(H2,18,19,21)/t11-/m0/s1. The largest absolute Gasteiger partial charge is 0.463 e. The molecular weight excluding hydrogens is 319 g/mol. The van der Waals surface area contributed by atoms with Gasteiger partial charge in [-0.2, -0.15) is 0 Å². The molecule has 1 aliphatic heterocycles. The van der Waals surface area contributed by atoms with Gasteiger partial charge in [0.05, 0.1) is 18.2 Å². The van der Waals surface area contributed by atoms with Gasteiger partial charge in [-0.1, -0.05) is 19.1 Å². The lowest BCUT2D eigenvalue weighted by molar-refractivity contribution is -0.139. The number of benzene rings is 1. The van der Waals surface area contributed by atoms with Gasteiger partial charge in [-0.15, -0.1) is 11.8 Å². The molecule has 0 aliphatic carbocycles. The van der Waals surface area contributed by atoms with Gasteiger partial charge in [0.25, 0.3) is 0 Å². The monoisotopic (exact) mass is 338 g/mol. The van der Waals surface area contributed by atoms with Crippen LogP contribution >= 0.6 is 11.8 Å². The number of halogens is 1. The Hall–Kier alpha value is -2.02. The van der Waals surface area contributed by atoms with E-state index in [4.69, 9.17) is 4.74 Å². The Balaban J connectivity index is 2.26. The van der Waals surface area contributed by atoms with Crippen LogP contribution in [-0.4, -0.2) is 30.4 Å². The zero-order chi connectivity index (χ0) is 16.8. The van der Waals surface area contributed by atoms with Crippen molar-refractivity contribution in [1.82, 2.24) is 10.6 Å². The lowest BCUT2D eigenvalue weighted by Gasteiger charge is -2.28. The molecule has 0 aromatic heterocycles. The number of nitrogens with one attached hydrogen (secondary N) is 2. The van der Waals surface area contributed by atoms with Crippen LogP contribution in [0.2, 0.25) is 0 Å². The summed E-state index contributed by atoms with van der Waals surface area (Å²) in [5.74, 6) is -0.516. The molecule has 0 unspecified atom stereocenters. The van der Waals surface area contributed by atoms with Gasteiger partial charge < -0.3 is 15.4 Å². The Kier molecular flexibility index (Phi) is 6.04. The molecule has 0 radical (unpaired) electrons. The smallest absolute Gasteiger partial charge is 0.337 e. The lowest BCUT2D eigenvalue weighted by Crippen LogP contribution is -2.50. The molecule has 1 atom stereocenters. The zero-order valence-electron chi connectivity index (χ0n) is 13.0. The van der Waals surface area contributed by atoms with Crippen LogP contribution in [0.25, 0.3) is 0 Å². The third-order valence-corrected chi connectivity index (χ3v) is 4.43. The second-order valence-corrected chi connectivity index (χ2v) is 5.91. The van der Waals surface area contributed by atoms with E-state index in [1.165, 1.54) is 17.8 Å². The second kappa shape index (κ2) is 8.01. The highest BCUT2D eigenvalue weighted by Crippen LogP contribution is 2.26. The molecule has 0 bridgehead atoms. The van der Waals surface area contributed by atoms with E-state index < -0.39 is 12.0 Å². The van der Waals surface area contributed by atoms with E-state index in [-0.39, 0.29) is 24.2 Å². The van der Waals surface area contributed by atoms with Crippen LogP contribution in [0.1, 0.15) is 20.3 Å². The van der Waals surface area contributed by atoms with E-state index >= 15 is 0 Å². The zero-order valence-corrected chi connectivity index (χ0v) is 13.8. The van der Waals surface area contributed by atoms with Crippen LogP contribution in [0.3, 0.4) is 0 Å². The SMILES string of the molecule is CCOC(=O)C1=C(CSc2ccccc2F)NC(=O)N[C@H]1CC. The molecule has 1 aromatic carbocycles. The summed E-state index contributed by atoms with van der Waals surface area (Å²) >= 11 is 1.22. The van der Waals surface area contributed by atoms with Gasteiger partial charge in [-0.25, -0.2) is 14.0 Å². The summed E-state index contributed by atoms with van der Waals surface area (Å²) in [7, 11) is 0. The van der Waals surface area contributed by atoms with Gasteiger partial charge in [-0.05, 0) is 25.5 Å². The van der Waals surface area contributed by atoms with Gasteiger partial charge in [0.15, 0.2) is 0 Å². The van der Waals surface area contributed by atoms with E-state index in [1.54, 1.807) is 25.1 Å². The summed E-state index contributed by atoms with van der Waals surface area (Å²) in [4.78, 5) is 24.4. The Labute approximate surface area is 138 Å². The number of esters is 1. The number of carbonyl (C=O) groups is 2. The van der Waals surface area contributed by atoms with Crippen LogP contribution in [0.5, 0.6) is 0 Å². The molecule has 1 aromatic rings. The topological polar surface area (TPSA) is 67.4 Å².